The number of hydrogen-bond acceptors (Lipinski definition) is 4. The molecule has 0 saturated heterocycles. The average Bonchev–Trinajstić information content (AvgIpc) is 2.76. The van der Waals surface area contributed by atoms with Gasteiger partial charge in [0, 0.05) is 5.56 Å². The van der Waals surface area contributed by atoms with E-state index in [-0.39, 0.29) is 11.3 Å². The first kappa shape index (κ1) is 24.0. The fourth-order valence-electron chi connectivity index (χ4n) is 3.25. The minimum Gasteiger partial charge on any atom is -0.507 e. The van der Waals surface area contributed by atoms with Crippen LogP contribution < -0.4 is 4.74 Å². The van der Waals surface area contributed by atoms with Gasteiger partial charge in [0.1, 0.15) is 17.1 Å². The zero-order valence-electron chi connectivity index (χ0n) is 19.1. The molecule has 0 amide bonds. The summed E-state index contributed by atoms with van der Waals surface area (Å²) in [5, 5.41) is 11.0. The molecule has 164 valence electrons. The predicted molar refractivity (Wildman–Crippen MR) is 127 cm³/mol. The maximum absolute atomic E-state index is 12.5. The van der Waals surface area contributed by atoms with Gasteiger partial charge in [-0.2, -0.15) is 0 Å². The molecule has 0 fully saturated rings. The highest BCUT2D eigenvalue weighted by Crippen LogP contribution is 2.36. The SMILES string of the molecule is COC(=O)c1c(/C=C/c2ccccc2)cc(OC)c(C/C=C(\C)CCC=C(C)C)c1O. The van der Waals surface area contributed by atoms with Crippen molar-refractivity contribution in [2.75, 3.05) is 14.2 Å². The molecule has 2 aromatic rings. The smallest absolute Gasteiger partial charge is 0.342 e. The van der Waals surface area contributed by atoms with E-state index in [0.29, 0.717) is 23.3 Å². The van der Waals surface area contributed by atoms with Gasteiger partial charge in [0.15, 0.2) is 0 Å². The molecular weight excluding hydrogens is 388 g/mol. The van der Waals surface area contributed by atoms with Gasteiger partial charge in [-0.3, -0.25) is 0 Å². The van der Waals surface area contributed by atoms with Crippen LogP contribution in [0.25, 0.3) is 12.2 Å². The molecule has 0 aliphatic heterocycles. The van der Waals surface area contributed by atoms with E-state index in [9.17, 15) is 9.90 Å². The van der Waals surface area contributed by atoms with E-state index in [2.05, 4.69) is 32.9 Å². The molecule has 0 aliphatic rings. The number of rotatable bonds is 9. The summed E-state index contributed by atoms with van der Waals surface area (Å²) >= 11 is 0. The second kappa shape index (κ2) is 11.8. The summed E-state index contributed by atoms with van der Waals surface area (Å²) in [6.45, 7) is 6.24. The van der Waals surface area contributed by atoms with Crippen molar-refractivity contribution in [3.8, 4) is 11.5 Å². The summed E-state index contributed by atoms with van der Waals surface area (Å²) in [7, 11) is 2.87. The number of benzene rings is 2. The second-order valence-corrected chi connectivity index (χ2v) is 7.68. The predicted octanol–water partition coefficient (Wildman–Crippen LogP) is 6.59. The summed E-state index contributed by atoms with van der Waals surface area (Å²) in [6, 6.07) is 11.5. The Morgan fingerprint density at radius 2 is 1.74 bits per heavy atom. The number of methoxy groups -OCH3 is 2. The van der Waals surface area contributed by atoms with Crippen molar-refractivity contribution >= 4 is 18.1 Å². The van der Waals surface area contributed by atoms with Crippen molar-refractivity contribution in [2.45, 2.75) is 40.0 Å². The third-order valence-corrected chi connectivity index (χ3v) is 5.01. The van der Waals surface area contributed by atoms with Crippen LogP contribution in [-0.2, 0) is 11.2 Å². The Bertz CT molecular complexity index is 978. The number of carbonyl (C=O) groups excluding carboxylic acids is 1. The molecule has 0 bridgehead atoms. The van der Waals surface area contributed by atoms with Gasteiger partial charge in [-0.25, -0.2) is 4.79 Å². The van der Waals surface area contributed by atoms with Gasteiger partial charge in [0.2, 0.25) is 0 Å². The third-order valence-electron chi connectivity index (χ3n) is 5.01. The van der Waals surface area contributed by atoms with Gasteiger partial charge < -0.3 is 14.6 Å². The number of carbonyl (C=O) groups is 1. The molecule has 2 aromatic carbocycles. The van der Waals surface area contributed by atoms with Crippen molar-refractivity contribution in [1.82, 2.24) is 0 Å². The monoisotopic (exact) mass is 420 g/mol. The Hall–Kier alpha value is -3.27. The summed E-state index contributed by atoms with van der Waals surface area (Å²) in [4.78, 5) is 12.5. The summed E-state index contributed by atoms with van der Waals surface area (Å²) in [6.07, 6.45) is 10.3. The summed E-state index contributed by atoms with van der Waals surface area (Å²) in [5.74, 6) is -0.156. The van der Waals surface area contributed by atoms with E-state index < -0.39 is 5.97 Å². The number of hydrogen-bond donors (Lipinski definition) is 1. The first-order chi connectivity index (χ1) is 14.9. The van der Waals surface area contributed by atoms with Crippen LogP contribution in [0.15, 0.2) is 59.7 Å². The number of allylic oxidation sites excluding steroid dienone is 4. The molecule has 0 atom stereocenters. The quantitative estimate of drug-likeness (QED) is 0.282. The summed E-state index contributed by atoms with van der Waals surface area (Å²) in [5.41, 5.74) is 4.75. The number of phenolic OH excluding ortho intramolecular Hbond substituents is 1. The number of aromatic hydroxyl groups is 1. The highest BCUT2D eigenvalue weighted by molar-refractivity contribution is 5.98. The number of esters is 1. The van der Waals surface area contributed by atoms with Crippen molar-refractivity contribution in [3.63, 3.8) is 0 Å². The molecule has 1 N–H and O–H groups in total. The lowest BCUT2D eigenvalue weighted by molar-refractivity contribution is 0.0597. The third kappa shape index (κ3) is 6.88. The topological polar surface area (TPSA) is 55.8 Å². The highest BCUT2D eigenvalue weighted by Gasteiger charge is 2.22. The van der Waals surface area contributed by atoms with Crippen LogP contribution in [0.5, 0.6) is 11.5 Å². The Morgan fingerprint density at radius 1 is 1.03 bits per heavy atom. The van der Waals surface area contributed by atoms with Gasteiger partial charge in [-0.05, 0) is 57.2 Å². The molecule has 0 spiro atoms. The molecule has 0 saturated carbocycles. The second-order valence-electron chi connectivity index (χ2n) is 7.68. The Balaban J connectivity index is 2.42. The van der Waals surface area contributed by atoms with Gasteiger partial charge in [0.25, 0.3) is 0 Å². The fourth-order valence-corrected chi connectivity index (χ4v) is 3.25. The first-order valence-electron chi connectivity index (χ1n) is 10.4. The molecule has 4 heteroatoms. The standard InChI is InChI=1S/C27H32O4/c1-19(2)10-9-11-20(3)14-17-23-24(30-4)18-22(25(26(23)28)27(29)31-5)16-15-21-12-7-6-8-13-21/h6-8,10,12-16,18,28H,9,11,17H2,1-5H3/b16-15+,20-14+. The van der Waals surface area contributed by atoms with Crippen LogP contribution in [0.1, 0.15) is 60.7 Å². The maximum atomic E-state index is 12.5. The molecule has 0 unspecified atom stereocenters. The molecule has 4 nitrogen and oxygen atoms in total. The van der Waals surface area contributed by atoms with Crippen molar-refractivity contribution in [1.29, 1.82) is 0 Å². The van der Waals surface area contributed by atoms with E-state index in [1.54, 1.807) is 19.3 Å². The van der Waals surface area contributed by atoms with E-state index in [1.165, 1.54) is 18.3 Å². The van der Waals surface area contributed by atoms with Crippen molar-refractivity contribution in [3.05, 3.63) is 82.0 Å². The van der Waals surface area contributed by atoms with Gasteiger partial charge in [0.05, 0.1) is 14.2 Å². The van der Waals surface area contributed by atoms with E-state index in [0.717, 1.165) is 18.4 Å². The van der Waals surface area contributed by atoms with Crippen LogP contribution in [0.3, 0.4) is 0 Å². The molecular formula is C27H32O4. The number of phenols is 1. The Kier molecular flexibility index (Phi) is 9.13. The normalized spacial score (nSPS) is 11.5. The highest BCUT2D eigenvalue weighted by atomic mass is 16.5. The lowest BCUT2D eigenvalue weighted by atomic mass is 9.97. The van der Waals surface area contributed by atoms with Gasteiger partial charge in [-0.15, -0.1) is 0 Å². The van der Waals surface area contributed by atoms with Gasteiger partial charge >= 0.3 is 5.97 Å². The van der Waals surface area contributed by atoms with E-state index in [1.807, 2.05) is 36.4 Å². The Morgan fingerprint density at radius 3 is 2.35 bits per heavy atom. The molecule has 0 aromatic heterocycles. The van der Waals surface area contributed by atoms with E-state index >= 15 is 0 Å². The van der Waals surface area contributed by atoms with Crippen LogP contribution in [0, 0.1) is 0 Å². The zero-order valence-corrected chi connectivity index (χ0v) is 19.1. The molecule has 0 aliphatic carbocycles. The molecule has 0 radical (unpaired) electrons. The fraction of sp³-hybridized carbons (Fsp3) is 0.296. The molecule has 31 heavy (non-hydrogen) atoms. The minimum atomic E-state index is -0.585. The van der Waals surface area contributed by atoms with Crippen LogP contribution in [0.2, 0.25) is 0 Å². The summed E-state index contributed by atoms with van der Waals surface area (Å²) < 4.78 is 10.5. The lowest BCUT2D eigenvalue weighted by Crippen LogP contribution is -2.07. The van der Waals surface area contributed by atoms with Crippen molar-refractivity contribution in [2.24, 2.45) is 0 Å². The van der Waals surface area contributed by atoms with Crippen LogP contribution >= 0.6 is 0 Å². The van der Waals surface area contributed by atoms with E-state index in [4.69, 9.17) is 9.47 Å². The minimum absolute atomic E-state index is 0.104. The first-order valence-corrected chi connectivity index (χ1v) is 10.4. The van der Waals surface area contributed by atoms with Gasteiger partial charge in [-0.1, -0.05) is 65.8 Å². The average molecular weight is 421 g/mol. The lowest BCUT2D eigenvalue weighted by Gasteiger charge is -2.15. The van der Waals surface area contributed by atoms with Crippen LogP contribution in [0.4, 0.5) is 0 Å². The zero-order chi connectivity index (χ0) is 22.8. The number of ether oxygens (including phenoxy) is 2. The Labute approximate surface area is 185 Å². The maximum Gasteiger partial charge on any atom is 0.342 e. The molecule has 0 heterocycles. The van der Waals surface area contributed by atoms with Crippen molar-refractivity contribution < 1.29 is 19.4 Å². The van der Waals surface area contributed by atoms with Crippen LogP contribution in [-0.4, -0.2) is 25.3 Å². The molecule has 2 rings (SSSR count). The largest absolute Gasteiger partial charge is 0.507 e.